The normalized spacial score (nSPS) is 12.9. The lowest BCUT2D eigenvalue weighted by Gasteiger charge is -2.20. The molecule has 1 atom stereocenters. The van der Waals surface area contributed by atoms with E-state index < -0.39 is 0 Å². The van der Waals surface area contributed by atoms with Crippen molar-refractivity contribution in [2.75, 3.05) is 0 Å². The van der Waals surface area contributed by atoms with Gasteiger partial charge in [0.1, 0.15) is 0 Å². The second kappa shape index (κ2) is 18.3. The fraction of sp³-hybridized carbons (Fsp3) is 1.00. The van der Waals surface area contributed by atoms with Gasteiger partial charge in [0, 0.05) is 0 Å². The molecule has 1 nitrogen and oxygen atoms in total. The zero-order valence-electron chi connectivity index (χ0n) is 17.0. The van der Waals surface area contributed by atoms with Crippen LogP contribution in [0.2, 0.25) is 0 Å². The van der Waals surface area contributed by atoms with Gasteiger partial charge in [-0.25, -0.2) is 0 Å². The van der Waals surface area contributed by atoms with Gasteiger partial charge in [-0.1, -0.05) is 91.4 Å². The first-order valence-corrected chi connectivity index (χ1v) is 11.1. The molecule has 0 amide bonds. The first kappa shape index (κ1) is 23.0. The first-order chi connectivity index (χ1) is 11.2. The number of rotatable bonds is 18. The molecule has 0 aliphatic rings. The molecule has 23 heavy (non-hydrogen) atoms. The quantitative estimate of drug-likeness (QED) is 0.273. The number of unbranched alkanes of at least 4 members (excludes halogenated alkanes) is 10. The molecule has 2 N–H and O–H groups in total. The van der Waals surface area contributed by atoms with E-state index in [0.717, 1.165) is 12.1 Å². The molecule has 0 saturated carbocycles. The molecule has 0 aliphatic heterocycles. The topological polar surface area (TPSA) is 16.6 Å². The predicted octanol–water partition coefficient (Wildman–Crippen LogP) is 6.61. The fourth-order valence-corrected chi connectivity index (χ4v) is 3.73. The molecule has 0 radical (unpaired) electrons. The monoisotopic (exact) mass is 326 g/mol. The maximum atomic E-state index is 2.71. The summed E-state index contributed by atoms with van der Waals surface area (Å²) in [6.07, 6.45) is 22.9. The van der Waals surface area contributed by atoms with Gasteiger partial charge < -0.3 is 5.32 Å². The smallest absolute Gasteiger partial charge is 0.0861 e. The Bertz CT molecular complexity index is 198. The maximum absolute atomic E-state index is 2.71. The van der Waals surface area contributed by atoms with Crippen LogP contribution in [-0.4, -0.2) is 12.1 Å². The second-order valence-corrected chi connectivity index (χ2v) is 7.83. The molecular weight excluding hydrogens is 278 g/mol. The molecule has 0 spiro atoms. The Kier molecular flexibility index (Phi) is 18.3. The van der Waals surface area contributed by atoms with Crippen molar-refractivity contribution in [3.63, 3.8) is 0 Å². The summed E-state index contributed by atoms with van der Waals surface area (Å²) >= 11 is 0. The summed E-state index contributed by atoms with van der Waals surface area (Å²) < 4.78 is 0. The van der Waals surface area contributed by atoms with Gasteiger partial charge in [-0.3, -0.25) is 0 Å². The summed E-state index contributed by atoms with van der Waals surface area (Å²) in [5.74, 6) is 0. The van der Waals surface area contributed by atoms with Crippen molar-refractivity contribution in [3.05, 3.63) is 0 Å². The Morgan fingerprint density at radius 2 is 0.957 bits per heavy atom. The van der Waals surface area contributed by atoms with Crippen LogP contribution >= 0.6 is 0 Å². The summed E-state index contributed by atoms with van der Waals surface area (Å²) in [5, 5.41) is 2.71. The lowest BCUT2D eigenvalue weighted by Crippen LogP contribution is -2.94. The third-order valence-corrected chi connectivity index (χ3v) is 5.20. The van der Waals surface area contributed by atoms with Crippen LogP contribution in [-0.2, 0) is 0 Å². The van der Waals surface area contributed by atoms with E-state index >= 15 is 0 Å². The zero-order valence-corrected chi connectivity index (χ0v) is 17.0. The van der Waals surface area contributed by atoms with Gasteiger partial charge in [0.2, 0.25) is 0 Å². The van der Waals surface area contributed by atoms with Crippen molar-refractivity contribution in [2.45, 2.75) is 143 Å². The molecule has 0 fully saturated rings. The van der Waals surface area contributed by atoms with Gasteiger partial charge in [0.25, 0.3) is 0 Å². The molecule has 0 aromatic carbocycles. The Morgan fingerprint density at radius 3 is 1.39 bits per heavy atom. The van der Waals surface area contributed by atoms with Crippen molar-refractivity contribution in [3.8, 4) is 0 Å². The van der Waals surface area contributed by atoms with Crippen molar-refractivity contribution in [1.29, 1.82) is 0 Å². The number of hydrogen-bond acceptors (Lipinski definition) is 0. The first-order valence-electron chi connectivity index (χ1n) is 11.1. The zero-order chi connectivity index (χ0) is 17.2. The average molecular weight is 327 g/mol. The SMILES string of the molecule is CCCCCCCCC(CCCCCCCC)[NH2+]C(C)CCC. The molecule has 0 bridgehead atoms. The van der Waals surface area contributed by atoms with Crippen LogP contribution in [0.15, 0.2) is 0 Å². The summed E-state index contributed by atoms with van der Waals surface area (Å²) in [7, 11) is 0. The second-order valence-electron chi connectivity index (χ2n) is 7.83. The minimum atomic E-state index is 0.824. The molecular formula is C22H48N+. The lowest BCUT2D eigenvalue weighted by molar-refractivity contribution is -0.720. The van der Waals surface area contributed by atoms with Gasteiger partial charge in [-0.05, 0) is 39.0 Å². The Labute approximate surface area is 148 Å². The highest BCUT2D eigenvalue weighted by atomic mass is 14.9. The van der Waals surface area contributed by atoms with Gasteiger partial charge in [-0.2, -0.15) is 0 Å². The highest BCUT2D eigenvalue weighted by molar-refractivity contribution is 4.59. The standard InChI is InChI=1S/C22H47N/c1-5-8-10-12-14-16-19-22(23-21(4)18-7-3)20-17-15-13-11-9-6-2/h21-23H,5-20H2,1-4H3/p+1. The molecule has 0 saturated heterocycles. The molecule has 1 unspecified atom stereocenters. The van der Waals surface area contributed by atoms with Crippen LogP contribution in [0, 0.1) is 0 Å². The summed E-state index contributed by atoms with van der Waals surface area (Å²) in [4.78, 5) is 0. The van der Waals surface area contributed by atoms with Crippen molar-refractivity contribution < 1.29 is 5.32 Å². The number of quaternary nitrogens is 1. The van der Waals surface area contributed by atoms with Crippen LogP contribution in [0.1, 0.15) is 130 Å². The van der Waals surface area contributed by atoms with E-state index in [1.165, 1.54) is 103 Å². The third-order valence-electron chi connectivity index (χ3n) is 5.20. The lowest BCUT2D eigenvalue weighted by atomic mass is 9.99. The van der Waals surface area contributed by atoms with Gasteiger partial charge in [0.05, 0.1) is 12.1 Å². The molecule has 140 valence electrons. The minimum Gasteiger partial charge on any atom is -0.342 e. The van der Waals surface area contributed by atoms with Gasteiger partial charge >= 0.3 is 0 Å². The van der Waals surface area contributed by atoms with Crippen LogP contribution in [0.25, 0.3) is 0 Å². The highest BCUT2D eigenvalue weighted by Crippen LogP contribution is 2.13. The van der Waals surface area contributed by atoms with Crippen LogP contribution in [0.3, 0.4) is 0 Å². The predicted molar refractivity (Wildman–Crippen MR) is 106 cm³/mol. The van der Waals surface area contributed by atoms with E-state index in [4.69, 9.17) is 0 Å². The Balaban J connectivity index is 3.84. The van der Waals surface area contributed by atoms with Crippen molar-refractivity contribution in [1.82, 2.24) is 0 Å². The molecule has 0 aromatic heterocycles. The van der Waals surface area contributed by atoms with E-state index in [-0.39, 0.29) is 0 Å². The van der Waals surface area contributed by atoms with Crippen LogP contribution in [0.5, 0.6) is 0 Å². The minimum absolute atomic E-state index is 0.824. The van der Waals surface area contributed by atoms with Gasteiger partial charge in [-0.15, -0.1) is 0 Å². The van der Waals surface area contributed by atoms with Gasteiger partial charge in [0.15, 0.2) is 0 Å². The van der Waals surface area contributed by atoms with E-state index in [0.29, 0.717) is 0 Å². The third kappa shape index (κ3) is 16.6. The number of nitrogens with two attached hydrogens (primary N) is 1. The highest BCUT2D eigenvalue weighted by Gasteiger charge is 2.15. The van der Waals surface area contributed by atoms with Crippen LogP contribution < -0.4 is 5.32 Å². The average Bonchev–Trinajstić information content (AvgIpc) is 2.53. The largest absolute Gasteiger partial charge is 0.342 e. The molecule has 0 aromatic rings. The summed E-state index contributed by atoms with van der Waals surface area (Å²) in [6.45, 7) is 9.36. The van der Waals surface area contributed by atoms with E-state index in [2.05, 4.69) is 33.0 Å². The molecule has 0 rings (SSSR count). The fourth-order valence-electron chi connectivity index (χ4n) is 3.73. The Morgan fingerprint density at radius 1 is 0.522 bits per heavy atom. The number of hydrogen-bond donors (Lipinski definition) is 1. The summed E-state index contributed by atoms with van der Waals surface area (Å²) in [6, 6.07) is 1.72. The summed E-state index contributed by atoms with van der Waals surface area (Å²) in [5.41, 5.74) is 0. The van der Waals surface area contributed by atoms with E-state index in [9.17, 15) is 0 Å². The van der Waals surface area contributed by atoms with E-state index in [1.54, 1.807) is 0 Å². The maximum Gasteiger partial charge on any atom is 0.0861 e. The molecule has 0 heterocycles. The molecule has 1 heteroatoms. The molecule has 0 aliphatic carbocycles. The van der Waals surface area contributed by atoms with Crippen molar-refractivity contribution >= 4 is 0 Å². The van der Waals surface area contributed by atoms with Crippen molar-refractivity contribution in [2.24, 2.45) is 0 Å². The Hall–Kier alpha value is -0.0400. The van der Waals surface area contributed by atoms with E-state index in [1.807, 2.05) is 0 Å². The van der Waals surface area contributed by atoms with Crippen LogP contribution in [0.4, 0.5) is 0 Å².